The molecule has 0 spiro atoms. The van der Waals surface area contributed by atoms with Gasteiger partial charge in [0.2, 0.25) is 5.91 Å². The summed E-state index contributed by atoms with van der Waals surface area (Å²) >= 11 is 12.6. The third-order valence-corrected chi connectivity index (χ3v) is 6.60. The topological polar surface area (TPSA) is 126 Å². The molecule has 4 aromatic heterocycles. The summed E-state index contributed by atoms with van der Waals surface area (Å²) < 4.78 is 14.0. The third-order valence-electron chi connectivity index (χ3n) is 6.14. The molecule has 0 radical (unpaired) electrons. The van der Waals surface area contributed by atoms with Crippen LogP contribution >= 0.6 is 23.2 Å². The molecule has 1 N–H and O–H groups in total. The molecule has 0 aliphatic carbocycles. The fourth-order valence-corrected chi connectivity index (χ4v) is 4.59. The number of halogens is 2. The lowest BCUT2D eigenvalue weighted by atomic mass is 10.0. The maximum absolute atomic E-state index is 13.0. The summed E-state index contributed by atoms with van der Waals surface area (Å²) in [5.74, 6) is 0.276. The molecule has 0 aromatic carbocycles. The molecule has 13 heteroatoms. The lowest BCUT2D eigenvalue weighted by molar-refractivity contribution is -0.122. The van der Waals surface area contributed by atoms with Crippen LogP contribution in [0.4, 0.5) is 0 Å². The van der Waals surface area contributed by atoms with Gasteiger partial charge in [0.15, 0.2) is 16.6 Å². The van der Waals surface area contributed by atoms with Crippen LogP contribution < -0.4 is 5.32 Å². The van der Waals surface area contributed by atoms with Gasteiger partial charge in [0.05, 0.1) is 29.6 Å². The molecule has 11 nitrogen and oxygen atoms in total. The van der Waals surface area contributed by atoms with Crippen molar-refractivity contribution in [3.05, 3.63) is 69.5 Å². The Hall–Kier alpha value is -3.38. The number of carbonyl (C=O) groups excluding carboxylic acids is 2. The van der Waals surface area contributed by atoms with Gasteiger partial charge in [-0.1, -0.05) is 30.1 Å². The van der Waals surface area contributed by atoms with Crippen molar-refractivity contribution in [3.63, 3.8) is 0 Å². The van der Waals surface area contributed by atoms with Gasteiger partial charge >= 0.3 is 0 Å². The highest BCUT2D eigenvalue weighted by Gasteiger charge is 2.20. The highest BCUT2D eigenvalue weighted by molar-refractivity contribution is 6.32. The first-order chi connectivity index (χ1) is 19.3. The van der Waals surface area contributed by atoms with Crippen LogP contribution in [0.1, 0.15) is 55.2 Å². The molecule has 1 amide bonds. The van der Waals surface area contributed by atoms with E-state index in [1.807, 2.05) is 13.8 Å². The summed E-state index contributed by atoms with van der Waals surface area (Å²) in [5.41, 5.74) is 3.46. The van der Waals surface area contributed by atoms with E-state index in [0.717, 1.165) is 17.7 Å². The lowest BCUT2D eigenvalue weighted by Gasteiger charge is -2.16. The number of fused-ring (bicyclic) bond motifs is 1. The lowest BCUT2D eigenvalue weighted by Crippen LogP contribution is -2.23. The van der Waals surface area contributed by atoms with Crippen molar-refractivity contribution in [1.29, 1.82) is 0 Å². The molecule has 0 bridgehead atoms. The van der Waals surface area contributed by atoms with Gasteiger partial charge in [-0.15, -0.1) is 0 Å². The fourth-order valence-electron chi connectivity index (χ4n) is 4.15. The van der Waals surface area contributed by atoms with E-state index in [4.69, 9.17) is 32.7 Å². The number of hydrogen-bond acceptors (Lipinski definition) is 8. The number of ether oxygens (including phenoxy) is 2. The summed E-state index contributed by atoms with van der Waals surface area (Å²) in [4.78, 5) is 33.8. The second-order valence-corrected chi connectivity index (χ2v) is 10.1. The van der Waals surface area contributed by atoms with Crippen molar-refractivity contribution >= 4 is 40.5 Å². The molecule has 0 aliphatic heterocycles. The highest BCUT2D eigenvalue weighted by atomic mass is 35.5. The van der Waals surface area contributed by atoms with Crippen LogP contribution in [0.2, 0.25) is 10.2 Å². The summed E-state index contributed by atoms with van der Waals surface area (Å²) in [7, 11) is 1.59. The van der Waals surface area contributed by atoms with Gasteiger partial charge in [0, 0.05) is 75.3 Å². The second-order valence-electron chi connectivity index (χ2n) is 9.26. The number of amides is 1. The Bertz CT molecular complexity index is 1490. The standard InChI is InChI=1S/C27H31Cl2N7O4/c1-4-6-40-7-5-25(38)31-13-19-14-33-35(16-19)27-22(28)9-18(12-32-27)8-21(37)10-20-15-30-24-11-23(29)34-36(24)26(20)17(2)39-3/h9,11-12,14-17H,4-8,10,13H2,1-3H3,(H,31,38)/t17-/m0/s1. The summed E-state index contributed by atoms with van der Waals surface area (Å²) in [6, 6.07) is 3.35. The number of hydrogen-bond donors (Lipinski definition) is 1. The maximum Gasteiger partial charge on any atom is 0.222 e. The van der Waals surface area contributed by atoms with Crippen molar-refractivity contribution < 1.29 is 19.1 Å². The molecule has 1 atom stereocenters. The van der Waals surface area contributed by atoms with Crippen LogP contribution in [0.15, 0.2) is 36.9 Å². The normalized spacial score (nSPS) is 12.1. The number of rotatable bonds is 14. The van der Waals surface area contributed by atoms with E-state index < -0.39 is 0 Å². The van der Waals surface area contributed by atoms with Gasteiger partial charge in [0.25, 0.3) is 0 Å². The largest absolute Gasteiger partial charge is 0.381 e. The van der Waals surface area contributed by atoms with Crippen molar-refractivity contribution in [1.82, 2.24) is 34.7 Å². The van der Waals surface area contributed by atoms with Gasteiger partial charge in [0.1, 0.15) is 5.78 Å². The number of pyridine rings is 1. The van der Waals surface area contributed by atoms with E-state index >= 15 is 0 Å². The Balaban J connectivity index is 1.38. The first-order valence-electron chi connectivity index (χ1n) is 12.9. The Morgan fingerprint density at radius 3 is 2.65 bits per heavy atom. The number of Topliss-reactive ketones (excluding diaryl/α,β-unsaturated/α-hetero) is 1. The zero-order chi connectivity index (χ0) is 28.6. The van der Waals surface area contributed by atoms with Crippen molar-refractivity contribution in [2.75, 3.05) is 20.3 Å². The first-order valence-corrected chi connectivity index (χ1v) is 13.6. The summed E-state index contributed by atoms with van der Waals surface area (Å²) in [6.07, 6.45) is 7.79. The quantitative estimate of drug-likeness (QED) is 0.218. The molecule has 0 fully saturated rings. The van der Waals surface area contributed by atoms with Gasteiger partial charge in [-0.25, -0.2) is 19.2 Å². The van der Waals surface area contributed by atoms with Crippen LogP contribution in [0, 0.1) is 0 Å². The first kappa shape index (κ1) is 29.6. The molecule has 0 unspecified atom stereocenters. The second kappa shape index (κ2) is 13.8. The number of nitrogens with zero attached hydrogens (tertiary/aromatic N) is 6. The molecule has 0 saturated heterocycles. The number of nitrogens with one attached hydrogen (secondary N) is 1. The number of aromatic nitrogens is 6. The molecule has 40 heavy (non-hydrogen) atoms. The molecule has 0 saturated carbocycles. The molecule has 4 rings (SSSR count). The molecular formula is C27H31Cl2N7O4. The number of ketones is 1. The van der Waals surface area contributed by atoms with E-state index in [1.165, 1.54) is 4.68 Å². The molecule has 4 aromatic rings. The average Bonchev–Trinajstić information content (AvgIpc) is 3.55. The molecule has 212 valence electrons. The fraction of sp³-hybridized carbons (Fsp3) is 0.407. The molecule has 0 aliphatic rings. The minimum Gasteiger partial charge on any atom is -0.381 e. The average molecular weight is 588 g/mol. The van der Waals surface area contributed by atoms with Gasteiger partial charge < -0.3 is 14.8 Å². The van der Waals surface area contributed by atoms with Crippen molar-refractivity contribution in [2.24, 2.45) is 0 Å². The van der Waals surface area contributed by atoms with E-state index in [-0.39, 0.29) is 30.6 Å². The predicted octanol–water partition coefficient (Wildman–Crippen LogP) is 4.11. The van der Waals surface area contributed by atoms with Crippen LogP contribution in [-0.4, -0.2) is 61.4 Å². The van der Waals surface area contributed by atoms with Gasteiger partial charge in [-0.2, -0.15) is 10.2 Å². The minimum absolute atomic E-state index is 0.0493. The smallest absolute Gasteiger partial charge is 0.222 e. The number of methoxy groups -OCH3 is 1. The van der Waals surface area contributed by atoms with Gasteiger partial charge in [-0.05, 0) is 25.0 Å². The Kier molecular flexibility index (Phi) is 10.2. The zero-order valence-corrected chi connectivity index (χ0v) is 24.1. The predicted molar refractivity (Wildman–Crippen MR) is 150 cm³/mol. The molecular weight excluding hydrogens is 557 g/mol. The van der Waals surface area contributed by atoms with E-state index in [1.54, 1.807) is 48.5 Å². The minimum atomic E-state index is -0.327. The Labute approximate surface area is 241 Å². The monoisotopic (exact) mass is 587 g/mol. The SMILES string of the molecule is CCCOCCC(=O)NCc1cnn(-c2ncc(CC(=O)Cc3cnc4cc(Cl)nn4c3[C@H](C)OC)cc2Cl)c1. The number of carbonyl (C=O) groups is 2. The maximum atomic E-state index is 13.0. The van der Waals surface area contributed by atoms with Crippen LogP contribution in [0.5, 0.6) is 0 Å². The Morgan fingerprint density at radius 1 is 1.07 bits per heavy atom. The van der Waals surface area contributed by atoms with E-state index in [2.05, 4.69) is 25.5 Å². The van der Waals surface area contributed by atoms with Crippen LogP contribution in [-0.2, 0) is 38.4 Å². The highest BCUT2D eigenvalue weighted by Crippen LogP contribution is 2.24. The summed E-state index contributed by atoms with van der Waals surface area (Å²) in [5, 5.41) is 12.1. The Morgan fingerprint density at radius 2 is 1.90 bits per heavy atom. The molecule has 4 heterocycles. The zero-order valence-electron chi connectivity index (χ0n) is 22.6. The van der Waals surface area contributed by atoms with E-state index in [0.29, 0.717) is 58.9 Å². The third kappa shape index (κ3) is 7.42. The van der Waals surface area contributed by atoms with Crippen molar-refractivity contribution in [3.8, 4) is 5.82 Å². The van der Waals surface area contributed by atoms with E-state index in [9.17, 15) is 9.59 Å². The van der Waals surface area contributed by atoms with Gasteiger partial charge in [-0.3, -0.25) is 9.59 Å². The van der Waals surface area contributed by atoms with Crippen LogP contribution in [0.3, 0.4) is 0 Å². The summed E-state index contributed by atoms with van der Waals surface area (Å²) in [6.45, 7) is 5.26. The van der Waals surface area contributed by atoms with Crippen LogP contribution in [0.25, 0.3) is 11.5 Å². The van der Waals surface area contributed by atoms with Crippen molar-refractivity contribution in [2.45, 2.75) is 52.2 Å².